The molecule has 0 unspecified atom stereocenters. The summed E-state index contributed by atoms with van der Waals surface area (Å²) in [5, 5.41) is 3.76. The molecule has 6 heteroatoms. The van der Waals surface area contributed by atoms with Gasteiger partial charge in [-0.3, -0.25) is 9.59 Å². The number of hydrogen-bond donors (Lipinski definition) is 1. The van der Waals surface area contributed by atoms with Gasteiger partial charge in [0.25, 0.3) is 11.5 Å². The molecule has 2 rings (SSSR count). The number of nitrogens with one attached hydrogen (secondary N) is 1. The van der Waals surface area contributed by atoms with E-state index in [0.717, 1.165) is 18.4 Å². The first-order valence-corrected chi connectivity index (χ1v) is 9.94. The van der Waals surface area contributed by atoms with Gasteiger partial charge in [-0.2, -0.15) is 0 Å². The summed E-state index contributed by atoms with van der Waals surface area (Å²) in [6.45, 7) is 8.24. The molecule has 140 valence electrons. The molecule has 0 aliphatic rings. The van der Waals surface area contributed by atoms with E-state index in [-0.39, 0.29) is 17.5 Å². The van der Waals surface area contributed by atoms with E-state index in [0.29, 0.717) is 32.9 Å². The molecule has 1 atom stereocenters. The number of nitrogens with zero attached hydrogens (tertiary/aromatic N) is 1. The van der Waals surface area contributed by atoms with Crippen LogP contribution < -0.4 is 10.9 Å². The molecule has 0 bridgehead atoms. The van der Waals surface area contributed by atoms with Crippen LogP contribution in [0.5, 0.6) is 0 Å². The summed E-state index contributed by atoms with van der Waals surface area (Å²) in [5.41, 5.74) is 2.83. The Morgan fingerprint density at radius 3 is 2.38 bits per heavy atom. The van der Waals surface area contributed by atoms with E-state index in [2.05, 4.69) is 21.2 Å². The van der Waals surface area contributed by atoms with Crippen LogP contribution in [0.3, 0.4) is 0 Å². The van der Waals surface area contributed by atoms with Gasteiger partial charge in [-0.25, -0.2) is 0 Å². The van der Waals surface area contributed by atoms with Crippen molar-refractivity contribution in [3.05, 3.63) is 66.5 Å². The molecule has 2 aromatic rings. The maximum atomic E-state index is 13.0. The summed E-state index contributed by atoms with van der Waals surface area (Å²) in [6.07, 6.45) is 1.57. The number of carbonyl (C=O) groups is 1. The van der Waals surface area contributed by atoms with E-state index in [1.165, 1.54) is 0 Å². The van der Waals surface area contributed by atoms with Crippen molar-refractivity contribution < 1.29 is 4.79 Å². The zero-order valence-electron chi connectivity index (χ0n) is 15.5. The predicted octanol–water partition coefficient (Wildman–Crippen LogP) is 5.17. The van der Waals surface area contributed by atoms with E-state index < -0.39 is 0 Å². The van der Waals surface area contributed by atoms with Gasteiger partial charge in [0.1, 0.15) is 0 Å². The Balaban J connectivity index is 2.42. The molecule has 1 aromatic carbocycles. The Morgan fingerprint density at radius 1 is 1.23 bits per heavy atom. The van der Waals surface area contributed by atoms with Crippen LogP contribution in [0.2, 0.25) is 5.02 Å². The summed E-state index contributed by atoms with van der Waals surface area (Å²) in [6, 6.07) is 7.36. The quantitative estimate of drug-likeness (QED) is 0.675. The van der Waals surface area contributed by atoms with Gasteiger partial charge in [-0.05, 0) is 65.9 Å². The van der Waals surface area contributed by atoms with Gasteiger partial charge >= 0.3 is 0 Å². The number of hydrogen-bond acceptors (Lipinski definition) is 2. The number of rotatable bonds is 6. The van der Waals surface area contributed by atoms with Crippen LogP contribution in [0.4, 0.5) is 0 Å². The molecule has 4 nitrogen and oxygen atoms in total. The normalized spacial score (nSPS) is 12.1. The van der Waals surface area contributed by atoms with Crippen LogP contribution in [-0.4, -0.2) is 10.5 Å². The maximum absolute atomic E-state index is 13.0. The lowest BCUT2D eigenvalue weighted by atomic mass is 10.0. The molecule has 1 aromatic heterocycles. The zero-order chi connectivity index (χ0) is 19.4. The van der Waals surface area contributed by atoms with Gasteiger partial charge in [0, 0.05) is 17.3 Å². The lowest BCUT2D eigenvalue weighted by Gasteiger charge is -2.21. The Kier molecular flexibility index (Phi) is 7.07. The van der Waals surface area contributed by atoms with Crippen molar-refractivity contribution in [1.29, 1.82) is 0 Å². The van der Waals surface area contributed by atoms with E-state index >= 15 is 0 Å². The van der Waals surface area contributed by atoms with Gasteiger partial charge in [-0.1, -0.05) is 37.6 Å². The fourth-order valence-corrected chi connectivity index (χ4v) is 3.66. The highest BCUT2D eigenvalue weighted by molar-refractivity contribution is 9.10. The number of pyridine rings is 1. The summed E-state index contributed by atoms with van der Waals surface area (Å²) in [5.74, 6) is -0.174. The lowest BCUT2D eigenvalue weighted by Crippen LogP contribution is -2.33. The highest BCUT2D eigenvalue weighted by Gasteiger charge is 2.22. The largest absolute Gasteiger partial charge is 0.345 e. The van der Waals surface area contributed by atoms with Gasteiger partial charge in [0.05, 0.1) is 16.1 Å². The molecular formula is C20H24BrClN2O2. The summed E-state index contributed by atoms with van der Waals surface area (Å²) in [4.78, 5) is 25.5. The molecule has 0 spiro atoms. The Bertz CT molecular complexity index is 860. The van der Waals surface area contributed by atoms with Crippen LogP contribution in [0.25, 0.3) is 0 Å². The van der Waals surface area contributed by atoms with Crippen molar-refractivity contribution >= 4 is 33.4 Å². The van der Waals surface area contributed by atoms with Gasteiger partial charge < -0.3 is 9.88 Å². The summed E-state index contributed by atoms with van der Waals surface area (Å²) < 4.78 is 2.11. The van der Waals surface area contributed by atoms with Crippen LogP contribution in [0, 0.1) is 13.8 Å². The first-order valence-electron chi connectivity index (χ1n) is 8.77. The Hall–Kier alpha value is -1.59. The highest BCUT2D eigenvalue weighted by Crippen LogP contribution is 2.23. The SMILES string of the molecule is CCCn1c(C)c(C(=O)N[C@@H](CC)c2ccc(Cl)cc2)c(C)c(Br)c1=O. The first kappa shape index (κ1) is 20.7. The van der Waals surface area contributed by atoms with E-state index in [9.17, 15) is 9.59 Å². The van der Waals surface area contributed by atoms with E-state index in [1.54, 1.807) is 11.5 Å². The second kappa shape index (κ2) is 8.87. The predicted molar refractivity (Wildman–Crippen MR) is 110 cm³/mol. The molecule has 26 heavy (non-hydrogen) atoms. The minimum atomic E-state index is -0.174. The molecule has 1 heterocycles. The third kappa shape index (κ3) is 4.21. The second-order valence-corrected chi connectivity index (χ2v) is 7.57. The number of aromatic nitrogens is 1. The number of benzene rings is 1. The number of halogens is 2. The summed E-state index contributed by atoms with van der Waals surface area (Å²) >= 11 is 9.32. The molecule has 0 radical (unpaired) electrons. The van der Waals surface area contributed by atoms with Gasteiger partial charge in [0.15, 0.2) is 0 Å². The molecular weight excluding hydrogens is 416 g/mol. The van der Waals surface area contributed by atoms with Crippen molar-refractivity contribution in [2.75, 3.05) is 0 Å². The zero-order valence-corrected chi connectivity index (χ0v) is 17.9. The molecule has 1 N–H and O–H groups in total. The van der Waals surface area contributed by atoms with Crippen LogP contribution in [0.15, 0.2) is 33.5 Å². The van der Waals surface area contributed by atoms with E-state index in [1.807, 2.05) is 45.0 Å². The molecule has 0 aliphatic carbocycles. The topological polar surface area (TPSA) is 51.1 Å². The molecule has 0 fully saturated rings. The maximum Gasteiger partial charge on any atom is 0.265 e. The molecule has 0 aliphatic heterocycles. The minimum absolute atomic E-state index is 0.0943. The Morgan fingerprint density at radius 2 is 1.85 bits per heavy atom. The van der Waals surface area contributed by atoms with E-state index in [4.69, 9.17) is 11.6 Å². The third-order valence-corrected chi connectivity index (χ3v) is 5.75. The van der Waals surface area contributed by atoms with Gasteiger partial charge in [-0.15, -0.1) is 0 Å². The third-order valence-electron chi connectivity index (χ3n) is 4.56. The van der Waals surface area contributed by atoms with Crippen LogP contribution in [0.1, 0.15) is 59.9 Å². The Labute approximate surface area is 167 Å². The van der Waals surface area contributed by atoms with Crippen molar-refractivity contribution in [3.63, 3.8) is 0 Å². The van der Waals surface area contributed by atoms with Crippen molar-refractivity contribution in [3.8, 4) is 0 Å². The van der Waals surface area contributed by atoms with Crippen LogP contribution in [-0.2, 0) is 6.54 Å². The average Bonchev–Trinajstić information content (AvgIpc) is 2.62. The van der Waals surface area contributed by atoms with Crippen molar-refractivity contribution in [1.82, 2.24) is 9.88 Å². The first-order chi connectivity index (χ1) is 12.3. The van der Waals surface area contributed by atoms with Gasteiger partial charge in [0.2, 0.25) is 0 Å². The second-order valence-electron chi connectivity index (χ2n) is 6.34. The molecule has 0 saturated carbocycles. The lowest BCUT2D eigenvalue weighted by molar-refractivity contribution is 0.0933. The minimum Gasteiger partial charge on any atom is -0.345 e. The number of carbonyl (C=O) groups excluding carboxylic acids is 1. The van der Waals surface area contributed by atoms with Crippen molar-refractivity contribution in [2.45, 2.75) is 53.1 Å². The van der Waals surface area contributed by atoms with Crippen LogP contribution >= 0.6 is 27.5 Å². The number of amides is 1. The molecule has 0 saturated heterocycles. The van der Waals surface area contributed by atoms with Crippen molar-refractivity contribution in [2.24, 2.45) is 0 Å². The fraction of sp³-hybridized carbons (Fsp3) is 0.400. The molecule has 1 amide bonds. The fourth-order valence-electron chi connectivity index (χ4n) is 3.12. The standard InChI is InChI=1S/C20H24BrClN2O2/c1-5-11-24-13(4)17(12(3)18(21)20(24)26)19(25)23-16(6-2)14-7-9-15(22)10-8-14/h7-10,16H,5-6,11H2,1-4H3,(H,23,25)/t16-/m0/s1. The average molecular weight is 440 g/mol. The monoisotopic (exact) mass is 438 g/mol. The highest BCUT2D eigenvalue weighted by atomic mass is 79.9. The summed E-state index contributed by atoms with van der Waals surface area (Å²) in [7, 11) is 0. The smallest absolute Gasteiger partial charge is 0.265 e.